The number of nitrogens with zero attached hydrogens (tertiary/aromatic N) is 1. The molecule has 0 radical (unpaired) electrons. The summed E-state index contributed by atoms with van der Waals surface area (Å²) in [4.78, 5) is 0. The van der Waals surface area contributed by atoms with Gasteiger partial charge in [0.15, 0.2) is 0 Å². The van der Waals surface area contributed by atoms with Crippen LogP contribution in [0.25, 0.3) is 11.3 Å². The third-order valence-electron chi connectivity index (χ3n) is 3.12. The molecule has 1 aromatic heterocycles. The summed E-state index contributed by atoms with van der Waals surface area (Å²) in [5.41, 5.74) is 9.00. The number of hydrogen-bond donors (Lipinski definition) is 3. The number of nitrogens with two attached hydrogens (primary N) is 1. The molecule has 4 heteroatoms. The summed E-state index contributed by atoms with van der Waals surface area (Å²) in [6, 6.07) is 7.04. The molecular weight excluding hydrogens is 202 g/mol. The first-order chi connectivity index (χ1) is 7.69. The number of rotatable bonds is 2. The van der Waals surface area contributed by atoms with Gasteiger partial charge in [0.05, 0.1) is 11.9 Å². The molecule has 1 saturated carbocycles. The second-order valence-corrected chi connectivity index (χ2v) is 4.36. The Labute approximate surface area is 93.1 Å². The Hall–Kier alpha value is -1.81. The van der Waals surface area contributed by atoms with Gasteiger partial charge in [-0.2, -0.15) is 5.10 Å². The smallest absolute Gasteiger partial charge is 0.115 e. The average Bonchev–Trinajstić information content (AvgIpc) is 2.84. The van der Waals surface area contributed by atoms with Crippen molar-refractivity contribution in [3.8, 4) is 17.0 Å². The summed E-state index contributed by atoms with van der Waals surface area (Å²) in [5, 5.41) is 16.3. The van der Waals surface area contributed by atoms with E-state index in [0.717, 1.165) is 29.7 Å². The molecule has 1 heterocycles. The van der Waals surface area contributed by atoms with Gasteiger partial charge in [0.25, 0.3) is 0 Å². The highest BCUT2D eigenvalue weighted by Crippen LogP contribution is 2.45. The van der Waals surface area contributed by atoms with Gasteiger partial charge < -0.3 is 10.8 Å². The van der Waals surface area contributed by atoms with Crippen LogP contribution in [0.1, 0.15) is 18.4 Å². The lowest BCUT2D eigenvalue weighted by Gasteiger charge is -2.09. The first-order valence-corrected chi connectivity index (χ1v) is 5.31. The molecular formula is C12H13N3O. The lowest BCUT2D eigenvalue weighted by Crippen LogP contribution is -2.18. The fourth-order valence-electron chi connectivity index (χ4n) is 1.92. The Morgan fingerprint density at radius 3 is 2.56 bits per heavy atom. The van der Waals surface area contributed by atoms with Crippen LogP contribution in [-0.2, 0) is 5.54 Å². The molecule has 0 unspecified atom stereocenters. The minimum atomic E-state index is -0.194. The molecule has 16 heavy (non-hydrogen) atoms. The maximum absolute atomic E-state index is 9.25. The van der Waals surface area contributed by atoms with Crippen LogP contribution >= 0.6 is 0 Å². The van der Waals surface area contributed by atoms with Crippen LogP contribution in [-0.4, -0.2) is 15.3 Å². The van der Waals surface area contributed by atoms with E-state index in [1.54, 1.807) is 18.3 Å². The van der Waals surface area contributed by atoms with Crippen LogP contribution in [0.2, 0.25) is 0 Å². The first-order valence-electron chi connectivity index (χ1n) is 5.31. The predicted octanol–water partition coefficient (Wildman–Crippen LogP) is 1.73. The zero-order chi connectivity index (χ0) is 11.2. The SMILES string of the molecule is NC1(c2cn[nH]c2-c2ccc(O)cc2)CC1. The van der Waals surface area contributed by atoms with E-state index in [0.29, 0.717) is 0 Å². The topological polar surface area (TPSA) is 74.9 Å². The van der Waals surface area contributed by atoms with E-state index in [9.17, 15) is 5.11 Å². The summed E-state index contributed by atoms with van der Waals surface area (Å²) in [6.07, 6.45) is 3.82. The Morgan fingerprint density at radius 1 is 1.25 bits per heavy atom. The molecule has 4 N–H and O–H groups in total. The Bertz CT molecular complexity index is 511. The zero-order valence-corrected chi connectivity index (χ0v) is 8.77. The monoisotopic (exact) mass is 215 g/mol. The van der Waals surface area contributed by atoms with E-state index in [1.807, 2.05) is 12.1 Å². The van der Waals surface area contributed by atoms with Crippen molar-refractivity contribution in [1.29, 1.82) is 0 Å². The Morgan fingerprint density at radius 2 is 1.94 bits per heavy atom. The number of benzene rings is 1. The van der Waals surface area contributed by atoms with Crippen molar-refractivity contribution in [2.45, 2.75) is 18.4 Å². The van der Waals surface area contributed by atoms with Gasteiger partial charge in [0, 0.05) is 16.7 Å². The standard InChI is InChI=1S/C12H13N3O/c13-12(5-6-12)10-7-14-15-11(10)8-1-3-9(16)4-2-8/h1-4,7,16H,5-6,13H2,(H,14,15). The third kappa shape index (κ3) is 1.39. The quantitative estimate of drug-likeness (QED) is 0.714. The molecule has 2 aromatic rings. The van der Waals surface area contributed by atoms with E-state index >= 15 is 0 Å². The van der Waals surface area contributed by atoms with Crippen LogP contribution in [0.15, 0.2) is 30.5 Å². The fraction of sp³-hybridized carbons (Fsp3) is 0.250. The van der Waals surface area contributed by atoms with Crippen LogP contribution in [0.3, 0.4) is 0 Å². The maximum atomic E-state index is 9.25. The number of nitrogens with one attached hydrogen (secondary N) is 1. The fourth-order valence-corrected chi connectivity index (χ4v) is 1.92. The molecule has 0 saturated heterocycles. The van der Waals surface area contributed by atoms with Crippen LogP contribution in [0.4, 0.5) is 0 Å². The largest absolute Gasteiger partial charge is 0.508 e. The van der Waals surface area contributed by atoms with Gasteiger partial charge >= 0.3 is 0 Å². The van der Waals surface area contributed by atoms with Gasteiger partial charge in [0.1, 0.15) is 5.75 Å². The Kier molecular flexibility index (Phi) is 1.82. The lowest BCUT2D eigenvalue weighted by molar-refractivity contribution is 0.475. The predicted molar refractivity (Wildman–Crippen MR) is 60.8 cm³/mol. The summed E-state index contributed by atoms with van der Waals surface area (Å²) < 4.78 is 0. The minimum absolute atomic E-state index is 0.194. The average molecular weight is 215 g/mol. The second-order valence-electron chi connectivity index (χ2n) is 4.36. The summed E-state index contributed by atoms with van der Waals surface area (Å²) in [6.45, 7) is 0. The van der Waals surface area contributed by atoms with E-state index in [2.05, 4.69) is 10.2 Å². The number of aromatic hydroxyl groups is 1. The molecule has 0 atom stereocenters. The number of aromatic nitrogens is 2. The van der Waals surface area contributed by atoms with Gasteiger partial charge in [-0.1, -0.05) is 0 Å². The normalized spacial score (nSPS) is 17.3. The van der Waals surface area contributed by atoms with Crippen molar-refractivity contribution in [3.63, 3.8) is 0 Å². The highest BCUT2D eigenvalue weighted by molar-refractivity contribution is 5.65. The molecule has 0 spiro atoms. The third-order valence-corrected chi connectivity index (χ3v) is 3.12. The number of aromatic amines is 1. The molecule has 0 bridgehead atoms. The molecule has 1 aromatic carbocycles. The molecule has 82 valence electrons. The van der Waals surface area contributed by atoms with Gasteiger partial charge in [-0.25, -0.2) is 0 Å². The number of phenols is 1. The summed E-state index contributed by atoms with van der Waals surface area (Å²) in [5.74, 6) is 0.263. The van der Waals surface area contributed by atoms with Crippen LogP contribution < -0.4 is 5.73 Å². The minimum Gasteiger partial charge on any atom is -0.508 e. The van der Waals surface area contributed by atoms with E-state index in [-0.39, 0.29) is 11.3 Å². The highest BCUT2D eigenvalue weighted by atomic mass is 16.3. The molecule has 1 aliphatic rings. The molecule has 1 aliphatic carbocycles. The highest BCUT2D eigenvalue weighted by Gasteiger charge is 2.42. The van der Waals surface area contributed by atoms with Crippen molar-refractivity contribution in [3.05, 3.63) is 36.0 Å². The van der Waals surface area contributed by atoms with Crippen LogP contribution in [0, 0.1) is 0 Å². The number of phenolic OH excluding ortho intramolecular Hbond substituents is 1. The first kappa shape index (κ1) is 9.42. The summed E-state index contributed by atoms with van der Waals surface area (Å²) >= 11 is 0. The van der Waals surface area contributed by atoms with Crippen molar-refractivity contribution >= 4 is 0 Å². The molecule has 4 nitrogen and oxygen atoms in total. The maximum Gasteiger partial charge on any atom is 0.115 e. The second kappa shape index (κ2) is 3.09. The lowest BCUT2D eigenvalue weighted by atomic mass is 10.0. The van der Waals surface area contributed by atoms with Gasteiger partial charge in [0.2, 0.25) is 0 Å². The Balaban J connectivity index is 2.06. The molecule has 0 amide bonds. The van der Waals surface area contributed by atoms with Crippen molar-refractivity contribution in [2.75, 3.05) is 0 Å². The van der Waals surface area contributed by atoms with E-state index in [4.69, 9.17) is 5.73 Å². The summed E-state index contributed by atoms with van der Waals surface area (Å²) in [7, 11) is 0. The molecule has 3 rings (SSSR count). The van der Waals surface area contributed by atoms with E-state index < -0.39 is 0 Å². The van der Waals surface area contributed by atoms with Gasteiger partial charge in [-0.05, 0) is 37.1 Å². The number of H-pyrrole nitrogens is 1. The van der Waals surface area contributed by atoms with Crippen molar-refractivity contribution in [1.82, 2.24) is 10.2 Å². The van der Waals surface area contributed by atoms with Crippen molar-refractivity contribution < 1.29 is 5.11 Å². The van der Waals surface area contributed by atoms with Gasteiger partial charge in [-0.3, -0.25) is 5.10 Å². The van der Waals surface area contributed by atoms with Crippen molar-refractivity contribution in [2.24, 2.45) is 5.73 Å². The molecule has 0 aliphatic heterocycles. The van der Waals surface area contributed by atoms with E-state index in [1.165, 1.54) is 0 Å². The van der Waals surface area contributed by atoms with Crippen LogP contribution in [0.5, 0.6) is 5.75 Å². The van der Waals surface area contributed by atoms with Gasteiger partial charge in [-0.15, -0.1) is 0 Å². The number of hydrogen-bond acceptors (Lipinski definition) is 3. The molecule has 1 fully saturated rings. The zero-order valence-electron chi connectivity index (χ0n) is 8.77.